The first-order valence-corrected chi connectivity index (χ1v) is 22.2. The van der Waals surface area contributed by atoms with Crippen LogP contribution in [0.5, 0.6) is 17.2 Å². The molecule has 64 heavy (non-hydrogen) atoms. The largest absolute Gasteiger partial charge is 0.507 e. The third-order valence-corrected chi connectivity index (χ3v) is 13.0. The highest BCUT2D eigenvalue weighted by Crippen LogP contribution is 2.43. The number of likely N-dealkylation sites (tertiary alicyclic amines) is 1. The fourth-order valence-electron chi connectivity index (χ4n) is 9.53. The third-order valence-electron chi connectivity index (χ3n) is 13.0. The Bertz CT molecular complexity index is 2360. The molecule has 5 aliphatic rings. The van der Waals surface area contributed by atoms with E-state index >= 15 is 4.39 Å². The highest BCUT2D eigenvalue weighted by molar-refractivity contribution is 6.02. The van der Waals surface area contributed by atoms with E-state index in [1.165, 1.54) is 6.07 Å². The van der Waals surface area contributed by atoms with Gasteiger partial charge in [-0.3, -0.25) is 14.9 Å². The van der Waals surface area contributed by atoms with Gasteiger partial charge in [0.1, 0.15) is 36.1 Å². The lowest BCUT2D eigenvalue weighted by molar-refractivity contribution is -0.134. The Morgan fingerprint density at radius 3 is 2.50 bits per heavy atom. The van der Waals surface area contributed by atoms with Crippen LogP contribution in [0, 0.1) is 5.82 Å². The number of urea groups is 1. The Morgan fingerprint density at radius 1 is 0.906 bits per heavy atom. The van der Waals surface area contributed by atoms with Gasteiger partial charge in [0, 0.05) is 83.3 Å². The van der Waals surface area contributed by atoms with Gasteiger partial charge >= 0.3 is 6.03 Å². The van der Waals surface area contributed by atoms with Crippen molar-refractivity contribution in [1.29, 1.82) is 0 Å². The molecule has 1 aromatic heterocycles. The molecule has 0 aliphatic carbocycles. The van der Waals surface area contributed by atoms with Gasteiger partial charge in [0.25, 0.3) is 0 Å². The first-order chi connectivity index (χ1) is 31.1. The topological polar surface area (TPSA) is 191 Å². The highest BCUT2D eigenvalue weighted by atomic mass is 19.1. The van der Waals surface area contributed by atoms with Crippen LogP contribution in [-0.2, 0) is 14.3 Å². The molecule has 338 valence electrons. The van der Waals surface area contributed by atoms with Gasteiger partial charge in [0.05, 0.1) is 54.2 Å². The normalized spacial score (nSPS) is 21.1. The zero-order valence-corrected chi connectivity index (χ0v) is 36.0. The number of nitrogens with two attached hydrogens (primary N) is 1. The van der Waals surface area contributed by atoms with Crippen LogP contribution in [0.2, 0.25) is 0 Å². The number of para-hydroxylation sites is 2. The number of aromatic nitrogens is 2. The number of fused-ring (bicyclic) bond motifs is 1. The molecule has 9 rings (SSSR count). The fraction of sp³-hybridized carbons (Fsp3) is 0.457. The smallest absolute Gasteiger partial charge is 0.319 e. The average Bonchev–Trinajstić information content (AvgIpc) is 3.55. The lowest BCUT2D eigenvalue weighted by Gasteiger charge is -2.42. The fourth-order valence-corrected chi connectivity index (χ4v) is 9.53. The molecule has 0 unspecified atom stereocenters. The number of nitrogens with zero attached hydrogens (tertiary/aromatic N) is 7. The number of anilines is 5. The van der Waals surface area contributed by atoms with Crippen LogP contribution in [0.25, 0.3) is 11.3 Å². The number of hydrogen-bond acceptors (Lipinski definition) is 14. The molecule has 5 aliphatic heterocycles. The number of carbonyl (C=O) groups excluding carboxylic acids is 3. The predicted molar refractivity (Wildman–Crippen MR) is 239 cm³/mol. The second-order valence-electron chi connectivity index (χ2n) is 17.1. The summed E-state index contributed by atoms with van der Waals surface area (Å²) in [7, 11) is 1.89. The van der Waals surface area contributed by atoms with E-state index in [2.05, 4.69) is 30.6 Å². The number of rotatable bonds is 9. The predicted octanol–water partition coefficient (Wildman–Crippen LogP) is 4.46. The average molecular weight is 879 g/mol. The van der Waals surface area contributed by atoms with Crippen molar-refractivity contribution in [3.63, 3.8) is 0 Å². The Hall–Kier alpha value is -6.56. The molecule has 5 N–H and O–H groups in total. The van der Waals surface area contributed by atoms with Crippen molar-refractivity contribution < 1.29 is 38.1 Å². The molecule has 4 saturated heterocycles. The number of benzene rings is 3. The van der Waals surface area contributed by atoms with Crippen LogP contribution in [0.1, 0.15) is 38.5 Å². The van der Waals surface area contributed by atoms with Crippen molar-refractivity contribution in [2.75, 3.05) is 98.4 Å². The number of nitrogens with one attached hydrogen (secondary N) is 2. The first-order valence-electron chi connectivity index (χ1n) is 22.2. The molecule has 18 heteroatoms. The molecule has 0 bridgehead atoms. The van der Waals surface area contributed by atoms with Gasteiger partial charge in [0.2, 0.25) is 11.8 Å². The molecule has 0 radical (unpaired) electrons. The van der Waals surface area contributed by atoms with Gasteiger partial charge in [-0.2, -0.15) is 0 Å². The molecule has 4 amide bonds. The summed E-state index contributed by atoms with van der Waals surface area (Å²) in [5.41, 5.74) is 10.1. The summed E-state index contributed by atoms with van der Waals surface area (Å²) in [6, 6.07) is 18.8. The third kappa shape index (κ3) is 9.09. The number of nitrogen functional groups attached to an aromatic ring is 1. The highest BCUT2D eigenvalue weighted by Gasteiger charge is 2.37. The number of hydrogen-bond donors (Lipinski definition) is 4. The molecule has 4 aromatic rings. The number of aromatic hydroxyl groups is 1. The number of carbonyl (C=O) groups is 3. The van der Waals surface area contributed by atoms with Gasteiger partial charge in [0.15, 0.2) is 11.6 Å². The zero-order chi connectivity index (χ0) is 44.3. The molecule has 3 aromatic carbocycles. The van der Waals surface area contributed by atoms with Crippen LogP contribution in [0.4, 0.5) is 37.8 Å². The van der Waals surface area contributed by atoms with Crippen LogP contribution < -0.4 is 40.5 Å². The van der Waals surface area contributed by atoms with Crippen molar-refractivity contribution >= 4 is 46.4 Å². The first kappa shape index (κ1) is 42.7. The molecular formula is C46H55FN10O7. The Labute approximate surface area is 371 Å². The van der Waals surface area contributed by atoms with E-state index in [-0.39, 0.29) is 53.3 Å². The summed E-state index contributed by atoms with van der Waals surface area (Å²) in [6.45, 7) is 5.33. The van der Waals surface area contributed by atoms with E-state index < -0.39 is 11.9 Å². The summed E-state index contributed by atoms with van der Waals surface area (Å²) >= 11 is 0. The Balaban J connectivity index is 0.765. The quantitative estimate of drug-likeness (QED) is 0.173. The zero-order valence-electron chi connectivity index (χ0n) is 36.0. The van der Waals surface area contributed by atoms with Gasteiger partial charge in [-0.05, 0) is 61.7 Å². The maximum absolute atomic E-state index is 15.3. The molecule has 17 nitrogen and oxygen atoms in total. The summed E-state index contributed by atoms with van der Waals surface area (Å²) < 4.78 is 33.8. The van der Waals surface area contributed by atoms with Crippen LogP contribution in [-0.4, -0.2) is 140 Å². The molecule has 0 spiro atoms. The second-order valence-corrected chi connectivity index (χ2v) is 17.1. The van der Waals surface area contributed by atoms with E-state index in [0.717, 1.165) is 43.1 Å². The van der Waals surface area contributed by atoms with Crippen molar-refractivity contribution in [3.05, 3.63) is 72.5 Å². The number of phenols is 1. The molecule has 2 atom stereocenters. The molecule has 0 saturated carbocycles. The number of ether oxygens (including phenoxy) is 3. The Kier molecular flexibility index (Phi) is 12.5. The maximum atomic E-state index is 15.3. The Morgan fingerprint density at radius 2 is 1.70 bits per heavy atom. The summed E-state index contributed by atoms with van der Waals surface area (Å²) in [5.74, 6) is 0.701. The standard InChI is InChI=1S/C46H55FN10O7/c1-53(30-13-17-54(18-14-30)37-6-4-7-38-43(37)63-24-22-57(38)39-11-12-42(59)50-45(39)60)46(61)55-19-15-31(16-20-55)64-32-9-10-34(47)36(25-32)49-29-27-56(21-23-62-28-29)40-26-35(51-52-44(40)48)33-5-2-3-8-41(33)58/h2-10,25-26,29-31,39,49,58H,11-24,27-28H2,1H3,(H2,48,52)(H,50,59,60)/t29-,39-/m0/s1. The van der Waals surface area contributed by atoms with Crippen LogP contribution in [0.15, 0.2) is 66.7 Å². The number of piperidine rings is 3. The van der Waals surface area contributed by atoms with Gasteiger partial charge < -0.3 is 54.9 Å². The minimum Gasteiger partial charge on any atom is -0.507 e. The van der Waals surface area contributed by atoms with E-state index in [9.17, 15) is 19.5 Å². The number of imide groups is 1. The lowest BCUT2D eigenvalue weighted by atomic mass is 10.0. The number of halogens is 1. The van der Waals surface area contributed by atoms with Gasteiger partial charge in [-0.25, -0.2) is 9.18 Å². The minimum atomic E-state index is -0.419. The van der Waals surface area contributed by atoms with Crippen molar-refractivity contribution in [2.24, 2.45) is 0 Å². The molecular weight excluding hydrogens is 824 g/mol. The van der Waals surface area contributed by atoms with Gasteiger partial charge in [-0.15, -0.1) is 10.2 Å². The van der Waals surface area contributed by atoms with Crippen molar-refractivity contribution in [3.8, 4) is 28.5 Å². The maximum Gasteiger partial charge on any atom is 0.319 e. The van der Waals surface area contributed by atoms with E-state index in [0.29, 0.717) is 101 Å². The molecule has 4 fully saturated rings. The van der Waals surface area contributed by atoms with Crippen LogP contribution in [0.3, 0.4) is 0 Å². The SMILES string of the molecule is CN(C(=O)N1CCC(Oc2ccc(F)c(N[C@@H]3COCCN(c4cc(-c5ccccc5O)nnc4N)C3)c2)CC1)C1CCN(c2cccc3c2OCCN3[C@H]2CCC(=O)NC2=O)CC1. The lowest BCUT2D eigenvalue weighted by Crippen LogP contribution is -2.54. The summed E-state index contributed by atoms with van der Waals surface area (Å²) in [6.07, 6.45) is 3.53. The minimum absolute atomic E-state index is 0.00359. The summed E-state index contributed by atoms with van der Waals surface area (Å²) in [4.78, 5) is 48.5. The number of phenolic OH excluding ortho intramolecular Hbond substituents is 1. The number of amides is 4. The van der Waals surface area contributed by atoms with E-state index in [4.69, 9.17) is 19.9 Å². The van der Waals surface area contributed by atoms with Crippen molar-refractivity contribution in [2.45, 2.75) is 62.8 Å². The van der Waals surface area contributed by atoms with Crippen LogP contribution >= 0.6 is 0 Å². The molecule has 6 heterocycles. The second kappa shape index (κ2) is 18.7. The van der Waals surface area contributed by atoms with E-state index in [1.807, 2.05) is 46.0 Å². The van der Waals surface area contributed by atoms with Gasteiger partial charge in [-0.1, -0.05) is 18.2 Å². The summed E-state index contributed by atoms with van der Waals surface area (Å²) in [5, 5.41) is 24.6. The van der Waals surface area contributed by atoms with Crippen molar-refractivity contribution in [1.82, 2.24) is 25.3 Å². The van der Waals surface area contributed by atoms with E-state index in [1.54, 1.807) is 36.4 Å². The monoisotopic (exact) mass is 878 g/mol.